The summed E-state index contributed by atoms with van der Waals surface area (Å²) < 4.78 is 0. The largest absolute Gasteiger partial charge is 0.397 e. The summed E-state index contributed by atoms with van der Waals surface area (Å²) in [4.78, 5) is 20.3. The van der Waals surface area contributed by atoms with E-state index in [0.717, 1.165) is 40.7 Å². The van der Waals surface area contributed by atoms with E-state index < -0.39 is 0 Å². The van der Waals surface area contributed by atoms with Crippen molar-refractivity contribution in [2.24, 2.45) is 0 Å². The molecule has 0 atom stereocenters. The van der Waals surface area contributed by atoms with Crippen molar-refractivity contribution < 1.29 is 4.79 Å². The highest BCUT2D eigenvalue weighted by Crippen LogP contribution is 2.45. The van der Waals surface area contributed by atoms with Crippen molar-refractivity contribution in [2.45, 2.75) is 25.8 Å². The average Bonchev–Trinajstić information content (AvgIpc) is 3.46. The topological polar surface area (TPSA) is 68.0 Å². The summed E-state index contributed by atoms with van der Waals surface area (Å²) in [7, 11) is 0. The molecule has 0 saturated heterocycles. The Bertz CT molecular complexity index is 1160. The molecule has 3 N–H and O–H groups in total. The van der Waals surface area contributed by atoms with Crippen LogP contribution in [-0.4, -0.2) is 10.9 Å². The summed E-state index contributed by atoms with van der Waals surface area (Å²) in [5.74, 6) is -0.137. The molecule has 0 spiro atoms. The number of rotatable bonds is 4. The average molecular weight is 406 g/mol. The molecule has 1 aliphatic carbocycles. The lowest BCUT2D eigenvalue weighted by Gasteiger charge is -2.09. The Morgan fingerprint density at radius 3 is 2.79 bits per heavy atom. The molecular weight excluding hydrogens is 386 g/mol. The molecule has 28 heavy (non-hydrogen) atoms. The molecule has 3 aromatic heterocycles. The molecular formula is C22H19N3OS2. The van der Waals surface area contributed by atoms with Crippen molar-refractivity contribution in [3.05, 3.63) is 69.5 Å². The number of aryl methyl sites for hydroxylation is 1. The number of hydrogen-bond donors (Lipinski definition) is 2. The third kappa shape index (κ3) is 2.89. The number of carbonyl (C=O) groups excluding carboxylic acids is 1. The normalized spacial score (nSPS) is 13.0. The molecule has 0 saturated carbocycles. The molecule has 0 bridgehead atoms. The maximum Gasteiger partial charge on any atom is 0.263 e. The van der Waals surface area contributed by atoms with E-state index in [4.69, 9.17) is 10.7 Å². The van der Waals surface area contributed by atoms with Crippen LogP contribution in [0.25, 0.3) is 20.7 Å². The summed E-state index contributed by atoms with van der Waals surface area (Å²) in [6.45, 7) is 0.481. The van der Waals surface area contributed by atoms with Crippen molar-refractivity contribution >= 4 is 44.5 Å². The molecule has 1 aromatic carbocycles. The van der Waals surface area contributed by atoms with Gasteiger partial charge in [-0.2, -0.15) is 0 Å². The fraction of sp³-hybridized carbons (Fsp3) is 0.182. The van der Waals surface area contributed by atoms with Crippen molar-refractivity contribution in [1.29, 1.82) is 0 Å². The highest BCUT2D eigenvalue weighted by atomic mass is 32.1. The van der Waals surface area contributed by atoms with Gasteiger partial charge in [-0.15, -0.1) is 22.7 Å². The minimum absolute atomic E-state index is 0.137. The second-order valence-electron chi connectivity index (χ2n) is 6.94. The molecule has 6 heteroatoms. The molecule has 0 aliphatic heterocycles. The van der Waals surface area contributed by atoms with E-state index in [9.17, 15) is 4.79 Å². The van der Waals surface area contributed by atoms with Gasteiger partial charge in [-0.05, 0) is 41.8 Å². The zero-order valence-electron chi connectivity index (χ0n) is 15.2. The van der Waals surface area contributed by atoms with Crippen molar-refractivity contribution in [3.8, 4) is 10.4 Å². The number of nitrogens with one attached hydrogen (secondary N) is 1. The van der Waals surface area contributed by atoms with Gasteiger partial charge in [0.25, 0.3) is 5.91 Å². The predicted octanol–water partition coefficient (Wildman–Crippen LogP) is 5.03. The standard InChI is InChI=1S/C22H19N3OS2/c23-19-18-17(16-10-5-11-27-16)14-8-4-9-15(14)25-22(18)28-20(19)21(26)24-12-13-6-2-1-3-7-13/h1-3,5-7,10-11H,4,8-9,12,23H2,(H,24,26). The van der Waals surface area contributed by atoms with Crippen LogP contribution in [0.15, 0.2) is 47.8 Å². The molecule has 140 valence electrons. The number of anilines is 1. The molecule has 0 unspecified atom stereocenters. The van der Waals surface area contributed by atoms with E-state index >= 15 is 0 Å². The van der Waals surface area contributed by atoms with Gasteiger partial charge in [0.05, 0.1) is 5.69 Å². The molecule has 0 radical (unpaired) electrons. The number of amides is 1. The van der Waals surface area contributed by atoms with E-state index in [-0.39, 0.29) is 5.91 Å². The second kappa shape index (κ2) is 7.04. The van der Waals surface area contributed by atoms with Crippen molar-refractivity contribution in [1.82, 2.24) is 10.3 Å². The molecule has 1 aliphatic rings. The van der Waals surface area contributed by atoms with Crippen LogP contribution in [0.2, 0.25) is 0 Å². The van der Waals surface area contributed by atoms with E-state index in [1.807, 2.05) is 30.3 Å². The van der Waals surface area contributed by atoms with Gasteiger partial charge in [-0.25, -0.2) is 4.98 Å². The Morgan fingerprint density at radius 2 is 2.00 bits per heavy atom. The predicted molar refractivity (Wildman–Crippen MR) is 117 cm³/mol. The molecule has 4 aromatic rings. The summed E-state index contributed by atoms with van der Waals surface area (Å²) in [5, 5.41) is 6.02. The van der Waals surface area contributed by atoms with Gasteiger partial charge in [0.2, 0.25) is 0 Å². The smallest absolute Gasteiger partial charge is 0.263 e. The Morgan fingerprint density at radius 1 is 1.14 bits per heavy atom. The number of hydrogen-bond acceptors (Lipinski definition) is 5. The van der Waals surface area contributed by atoms with Gasteiger partial charge >= 0.3 is 0 Å². The number of benzene rings is 1. The highest BCUT2D eigenvalue weighted by Gasteiger charge is 2.26. The lowest BCUT2D eigenvalue weighted by Crippen LogP contribution is -2.22. The first-order valence-corrected chi connectivity index (χ1v) is 11.0. The second-order valence-corrected chi connectivity index (χ2v) is 8.88. The van der Waals surface area contributed by atoms with Crippen LogP contribution in [0, 0.1) is 0 Å². The van der Waals surface area contributed by atoms with Gasteiger partial charge in [-0.3, -0.25) is 4.79 Å². The SMILES string of the molecule is Nc1c(C(=O)NCc2ccccc2)sc2nc3c(c(-c4cccs4)c12)CCC3. The van der Waals surface area contributed by atoms with Crippen molar-refractivity contribution in [3.63, 3.8) is 0 Å². The van der Waals surface area contributed by atoms with Crippen LogP contribution in [0.5, 0.6) is 0 Å². The maximum absolute atomic E-state index is 12.9. The molecule has 5 rings (SSSR count). The number of aromatic nitrogens is 1. The minimum atomic E-state index is -0.137. The number of carbonyl (C=O) groups is 1. The zero-order valence-corrected chi connectivity index (χ0v) is 16.8. The van der Waals surface area contributed by atoms with Crippen LogP contribution in [0.3, 0.4) is 0 Å². The Kier molecular flexibility index (Phi) is 4.37. The van der Waals surface area contributed by atoms with Crippen LogP contribution >= 0.6 is 22.7 Å². The number of nitrogens with zero attached hydrogens (tertiary/aromatic N) is 1. The molecule has 4 nitrogen and oxygen atoms in total. The zero-order chi connectivity index (χ0) is 19.1. The first-order chi connectivity index (χ1) is 13.7. The Balaban J connectivity index is 1.58. The quantitative estimate of drug-likeness (QED) is 0.501. The lowest BCUT2D eigenvalue weighted by atomic mass is 10.0. The highest BCUT2D eigenvalue weighted by molar-refractivity contribution is 7.21. The minimum Gasteiger partial charge on any atom is -0.397 e. The summed E-state index contributed by atoms with van der Waals surface area (Å²) in [5.41, 5.74) is 11.8. The Labute approximate surface area is 171 Å². The number of pyridine rings is 1. The van der Waals surface area contributed by atoms with Gasteiger partial charge in [0.15, 0.2) is 0 Å². The summed E-state index contributed by atoms with van der Waals surface area (Å²) in [6, 6.07) is 14.1. The van der Waals surface area contributed by atoms with Gasteiger partial charge in [-0.1, -0.05) is 36.4 Å². The van der Waals surface area contributed by atoms with Gasteiger partial charge < -0.3 is 11.1 Å². The first kappa shape index (κ1) is 17.4. The number of nitrogens with two attached hydrogens (primary N) is 1. The van der Waals surface area contributed by atoms with Crippen LogP contribution in [-0.2, 0) is 19.4 Å². The van der Waals surface area contributed by atoms with E-state index in [0.29, 0.717) is 17.1 Å². The molecule has 1 amide bonds. The van der Waals surface area contributed by atoms with Gasteiger partial charge in [0.1, 0.15) is 9.71 Å². The van der Waals surface area contributed by atoms with Gasteiger partial charge in [0, 0.05) is 28.1 Å². The van der Waals surface area contributed by atoms with Crippen LogP contribution < -0.4 is 11.1 Å². The third-order valence-corrected chi connectivity index (χ3v) is 7.16. The summed E-state index contributed by atoms with van der Waals surface area (Å²) in [6.07, 6.45) is 3.15. The monoisotopic (exact) mass is 405 g/mol. The van der Waals surface area contributed by atoms with E-state index in [1.54, 1.807) is 11.3 Å². The number of nitrogen functional groups attached to an aromatic ring is 1. The lowest BCUT2D eigenvalue weighted by molar-refractivity contribution is 0.0956. The fourth-order valence-electron chi connectivity index (χ4n) is 3.87. The van der Waals surface area contributed by atoms with E-state index in [2.05, 4.69) is 22.8 Å². The maximum atomic E-state index is 12.9. The first-order valence-electron chi connectivity index (χ1n) is 9.32. The third-order valence-electron chi connectivity index (χ3n) is 5.17. The van der Waals surface area contributed by atoms with Crippen molar-refractivity contribution in [2.75, 3.05) is 5.73 Å². The van der Waals surface area contributed by atoms with E-state index in [1.165, 1.54) is 27.3 Å². The Hall–Kier alpha value is -2.70. The fourth-order valence-corrected chi connectivity index (χ4v) is 5.71. The van der Waals surface area contributed by atoms with Crippen LogP contribution in [0.4, 0.5) is 5.69 Å². The molecule has 3 heterocycles. The number of fused-ring (bicyclic) bond motifs is 2. The number of thiophene rings is 2. The van der Waals surface area contributed by atoms with Crippen LogP contribution in [0.1, 0.15) is 32.9 Å². The summed E-state index contributed by atoms with van der Waals surface area (Å²) >= 11 is 3.11. The molecule has 0 fully saturated rings.